The third-order valence-electron chi connectivity index (χ3n) is 2.25. The van der Waals surface area contributed by atoms with Crippen LogP contribution in [0.2, 0.25) is 10.0 Å². The normalized spacial score (nSPS) is 12.7. The summed E-state index contributed by atoms with van der Waals surface area (Å²) in [6.45, 7) is 0. The van der Waals surface area contributed by atoms with Crippen LogP contribution in [0.5, 0.6) is 0 Å². The Kier molecular flexibility index (Phi) is 3.82. The average Bonchev–Trinajstić information content (AvgIpc) is 2.74. The van der Waals surface area contributed by atoms with Gasteiger partial charge in [0.1, 0.15) is 0 Å². The van der Waals surface area contributed by atoms with Crippen molar-refractivity contribution in [3.8, 4) is 0 Å². The molecule has 0 fully saturated rings. The molecule has 0 bridgehead atoms. The molecule has 1 aromatic carbocycles. The lowest BCUT2D eigenvalue weighted by Gasteiger charge is -2.11. The molecule has 0 saturated heterocycles. The molecule has 0 aliphatic rings. The quantitative estimate of drug-likeness (QED) is 0.926. The van der Waals surface area contributed by atoms with Gasteiger partial charge in [0.15, 0.2) is 0 Å². The van der Waals surface area contributed by atoms with Crippen molar-refractivity contribution in [2.75, 3.05) is 0 Å². The number of halogens is 2. The number of nitrogens with two attached hydrogens (primary N) is 1. The fraction of sp³-hybridized carbons (Fsp3) is 0.182. The van der Waals surface area contributed by atoms with E-state index in [1.807, 2.05) is 17.5 Å². The molecule has 0 radical (unpaired) electrons. The molecule has 2 nitrogen and oxygen atoms in total. The fourth-order valence-corrected chi connectivity index (χ4v) is 2.39. The van der Waals surface area contributed by atoms with Gasteiger partial charge in [-0.3, -0.25) is 0 Å². The van der Waals surface area contributed by atoms with Gasteiger partial charge in [-0.1, -0.05) is 29.3 Å². The average molecular weight is 273 g/mol. The van der Waals surface area contributed by atoms with Crippen LogP contribution in [0.25, 0.3) is 0 Å². The van der Waals surface area contributed by atoms with Gasteiger partial charge < -0.3 is 5.73 Å². The van der Waals surface area contributed by atoms with Crippen molar-refractivity contribution in [3.63, 3.8) is 0 Å². The van der Waals surface area contributed by atoms with Crippen molar-refractivity contribution in [3.05, 3.63) is 50.4 Å². The van der Waals surface area contributed by atoms with Crippen molar-refractivity contribution in [2.24, 2.45) is 5.73 Å². The zero-order chi connectivity index (χ0) is 11.5. The second kappa shape index (κ2) is 5.15. The van der Waals surface area contributed by atoms with Crippen LogP contribution in [0.4, 0.5) is 0 Å². The molecule has 0 aliphatic heterocycles. The maximum atomic E-state index is 6.07. The molecule has 1 atom stereocenters. The monoisotopic (exact) mass is 272 g/mol. The Bertz CT molecular complexity index is 471. The molecule has 2 N–H and O–H groups in total. The molecule has 1 aromatic heterocycles. The highest BCUT2D eigenvalue weighted by Gasteiger charge is 2.10. The summed E-state index contributed by atoms with van der Waals surface area (Å²) in [5.74, 6) is 0. The van der Waals surface area contributed by atoms with Crippen LogP contribution in [0, 0.1) is 0 Å². The predicted octanol–water partition coefficient (Wildman–Crippen LogP) is 3.69. The minimum Gasteiger partial charge on any atom is -0.324 e. The summed E-state index contributed by atoms with van der Waals surface area (Å²) in [5, 5.41) is 4.05. The molecule has 84 valence electrons. The van der Waals surface area contributed by atoms with E-state index >= 15 is 0 Å². The predicted molar refractivity (Wildman–Crippen MR) is 69.2 cm³/mol. The summed E-state index contributed by atoms with van der Waals surface area (Å²) in [6, 6.07) is 5.37. The van der Waals surface area contributed by atoms with Crippen LogP contribution >= 0.6 is 34.5 Å². The molecule has 0 spiro atoms. The Morgan fingerprint density at radius 2 is 2.12 bits per heavy atom. The maximum Gasteiger partial charge on any atom is 0.0943 e. The van der Waals surface area contributed by atoms with Crippen molar-refractivity contribution in [1.82, 2.24) is 4.98 Å². The largest absolute Gasteiger partial charge is 0.324 e. The highest BCUT2D eigenvalue weighted by Crippen LogP contribution is 2.26. The van der Waals surface area contributed by atoms with E-state index in [1.165, 1.54) is 0 Å². The Hall–Kier alpha value is -0.610. The standard InChI is InChI=1S/C11H10Cl2N2S/c12-8-2-1-7(5-9(8)13)10(14)6-11-15-3-4-16-11/h1-5,10H,6,14H2. The third kappa shape index (κ3) is 2.74. The van der Waals surface area contributed by atoms with E-state index in [4.69, 9.17) is 28.9 Å². The SMILES string of the molecule is NC(Cc1nccs1)c1ccc(Cl)c(Cl)c1. The Balaban J connectivity index is 2.14. The molecule has 0 amide bonds. The van der Waals surface area contributed by atoms with Crippen molar-refractivity contribution in [2.45, 2.75) is 12.5 Å². The number of benzene rings is 1. The summed E-state index contributed by atoms with van der Waals surface area (Å²) in [6.07, 6.45) is 2.50. The van der Waals surface area contributed by atoms with Gasteiger partial charge >= 0.3 is 0 Å². The van der Waals surface area contributed by atoms with Crippen LogP contribution in [0.3, 0.4) is 0 Å². The summed E-state index contributed by atoms with van der Waals surface area (Å²) >= 11 is 13.4. The van der Waals surface area contributed by atoms with Gasteiger partial charge in [0, 0.05) is 24.0 Å². The molecule has 5 heteroatoms. The summed E-state index contributed by atoms with van der Waals surface area (Å²) in [5.41, 5.74) is 7.05. The zero-order valence-corrected chi connectivity index (χ0v) is 10.7. The molecule has 0 aliphatic carbocycles. The second-order valence-corrected chi connectivity index (χ2v) is 5.20. The maximum absolute atomic E-state index is 6.07. The van der Waals surface area contributed by atoms with Gasteiger partial charge in [-0.25, -0.2) is 4.98 Å². The van der Waals surface area contributed by atoms with Gasteiger partial charge in [-0.2, -0.15) is 0 Å². The molecule has 0 saturated carbocycles. The molecule has 1 unspecified atom stereocenters. The number of rotatable bonds is 3. The Morgan fingerprint density at radius 1 is 1.31 bits per heavy atom. The van der Waals surface area contributed by atoms with Gasteiger partial charge in [-0.15, -0.1) is 11.3 Å². The minimum atomic E-state index is -0.0964. The van der Waals surface area contributed by atoms with Crippen LogP contribution < -0.4 is 5.73 Å². The molecular formula is C11H10Cl2N2S. The van der Waals surface area contributed by atoms with Crippen LogP contribution in [-0.2, 0) is 6.42 Å². The number of aromatic nitrogens is 1. The van der Waals surface area contributed by atoms with Crippen LogP contribution in [0.15, 0.2) is 29.8 Å². The zero-order valence-electron chi connectivity index (χ0n) is 8.36. The van der Waals surface area contributed by atoms with E-state index in [1.54, 1.807) is 23.6 Å². The highest BCUT2D eigenvalue weighted by molar-refractivity contribution is 7.09. The third-order valence-corrected chi connectivity index (χ3v) is 3.79. The van der Waals surface area contributed by atoms with E-state index < -0.39 is 0 Å². The fourth-order valence-electron chi connectivity index (χ4n) is 1.40. The van der Waals surface area contributed by atoms with Crippen molar-refractivity contribution >= 4 is 34.5 Å². The topological polar surface area (TPSA) is 38.9 Å². The minimum absolute atomic E-state index is 0.0964. The van der Waals surface area contributed by atoms with Gasteiger partial charge in [0.25, 0.3) is 0 Å². The summed E-state index contributed by atoms with van der Waals surface area (Å²) < 4.78 is 0. The molecule has 2 aromatic rings. The Labute approximate surface area is 108 Å². The molecule has 16 heavy (non-hydrogen) atoms. The van der Waals surface area contributed by atoms with Gasteiger partial charge in [0.05, 0.1) is 15.1 Å². The van der Waals surface area contributed by atoms with Crippen molar-refractivity contribution in [1.29, 1.82) is 0 Å². The summed E-state index contributed by atoms with van der Waals surface area (Å²) in [4.78, 5) is 4.20. The number of nitrogens with zero attached hydrogens (tertiary/aromatic N) is 1. The van der Waals surface area contributed by atoms with Crippen molar-refractivity contribution < 1.29 is 0 Å². The first-order chi connectivity index (χ1) is 7.66. The van der Waals surface area contributed by atoms with E-state index in [9.17, 15) is 0 Å². The summed E-state index contributed by atoms with van der Waals surface area (Å²) in [7, 11) is 0. The molecular weight excluding hydrogens is 263 g/mol. The first-order valence-electron chi connectivity index (χ1n) is 4.75. The van der Waals surface area contributed by atoms with Gasteiger partial charge in [0.2, 0.25) is 0 Å². The van der Waals surface area contributed by atoms with Crippen LogP contribution in [-0.4, -0.2) is 4.98 Å². The van der Waals surface area contributed by atoms with Crippen LogP contribution in [0.1, 0.15) is 16.6 Å². The Morgan fingerprint density at radius 3 is 2.75 bits per heavy atom. The second-order valence-electron chi connectivity index (χ2n) is 3.41. The lowest BCUT2D eigenvalue weighted by molar-refractivity contribution is 0.718. The molecule has 1 heterocycles. The first-order valence-corrected chi connectivity index (χ1v) is 6.39. The smallest absolute Gasteiger partial charge is 0.0943 e. The van der Waals surface area contributed by atoms with E-state index in [2.05, 4.69) is 4.98 Å². The first kappa shape index (κ1) is 11.9. The number of thiazole rings is 1. The van der Waals surface area contributed by atoms with E-state index in [0.29, 0.717) is 10.0 Å². The highest BCUT2D eigenvalue weighted by atomic mass is 35.5. The lowest BCUT2D eigenvalue weighted by Crippen LogP contribution is -2.13. The lowest BCUT2D eigenvalue weighted by atomic mass is 10.1. The number of hydrogen-bond acceptors (Lipinski definition) is 3. The van der Waals surface area contributed by atoms with E-state index in [-0.39, 0.29) is 6.04 Å². The number of hydrogen-bond donors (Lipinski definition) is 1. The van der Waals surface area contributed by atoms with E-state index in [0.717, 1.165) is 17.0 Å². The molecule has 2 rings (SSSR count). The van der Waals surface area contributed by atoms with Gasteiger partial charge in [-0.05, 0) is 17.7 Å².